The molecule has 1 N–H and O–H groups in total. The van der Waals surface area contributed by atoms with E-state index in [0.29, 0.717) is 31.9 Å². The highest BCUT2D eigenvalue weighted by Crippen LogP contribution is 2.51. The second kappa shape index (κ2) is 12.5. The first-order chi connectivity index (χ1) is 15.1. The first-order valence-corrected chi connectivity index (χ1v) is 14.2. The summed E-state index contributed by atoms with van der Waals surface area (Å²) in [6.45, 7) is 12.2. The number of guanidine groups is 1. The SMILES string of the molecule is CCOS(CCCN1CC2=C(C)CCCC2N=C1NC1CCCCC1)(OCC)OCC. The Morgan fingerprint density at radius 1 is 0.968 bits per heavy atom. The highest BCUT2D eigenvalue weighted by molar-refractivity contribution is 8.21. The zero-order valence-electron chi connectivity index (χ0n) is 20.3. The molecule has 7 heteroatoms. The molecule has 0 spiro atoms. The van der Waals surface area contributed by atoms with Crippen LogP contribution in [0.15, 0.2) is 16.1 Å². The molecule has 0 bridgehead atoms. The lowest BCUT2D eigenvalue weighted by Gasteiger charge is -2.41. The number of rotatable bonds is 11. The Bertz CT molecular complexity index is 602. The first-order valence-electron chi connectivity index (χ1n) is 12.6. The van der Waals surface area contributed by atoms with Gasteiger partial charge in [0.25, 0.3) is 0 Å². The second-order valence-electron chi connectivity index (χ2n) is 8.90. The van der Waals surface area contributed by atoms with Crippen molar-refractivity contribution in [1.29, 1.82) is 0 Å². The van der Waals surface area contributed by atoms with Crippen LogP contribution in [0.1, 0.15) is 85.5 Å². The van der Waals surface area contributed by atoms with Gasteiger partial charge in [-0.3, -0.25) is 12.5 Å². The van der Waals surface area contributed by atoms with E-state index in [1.807, 2.05) is 20.8 Å². The lowest BCUT2D eigenvalue weighted by Crippen LogP contribution is -2.52. The molecular formula is C24H45N3O3S. The Morgan fingerprint density at radius 3 is 2.29 bits per heavy atom. The summed E-state index contributed by atoms with van der Waals surface area (Å²) in [5.74, 6) is 1.93. The van der Waals surface area contributed by atoms with Gasteiger partial charge in [0, 0.05) is 24.9 Å². The van der Waals surface area contributed by atoms with Crippen molar-refractivity contribution in [2.75, 3.05) is 38.7 Å². The van der Waals surface area contributed by atoms with Crippen LogP contribution < -0.4 is 5.32 Å². The monoisotopic (exact) mass is 455 g/mol. The van der Waals surface area contributed by atoms with Gasteiger partial charge in [-0.2, -0.15) is 0 Å². The van der Waals surface area contributed by atoms with Crippen molar-refractivity contribution in [3.63, 3.8) is 0 Å². The highest BCUT2D eigenvalue weighted by Gasteiger charge is 2.32. The number of nitrogens with zero attached hydrogens (tertiary/aromatic N) is 2. The molecule has 3 aliphatic rings. The molecule has 0 aromatic rings. The van der Waals surface area contributed by atoms with Crippen LogP contribution in [0.5, 0.6) is 0 Å². The summed E-state index contributed by atoms with van der Waals surface area (Å²) in [6, 6.07) is 0.960. The van der Waals surface area contributed by atoms with Crippen molar-refractivity contribution < 1.29 is 12.5 Å². The maximum Gasteiger partial charge on any atom is 0.195 e. The molecule has 2 aliphatic carbocycles. The Labute approximate surface area is 192 Å². The molecule has 180 valence electrons. The van der Waals surface area contributed by atoms with Gasteiger partial charge in [-0.25, -0.2) is 4.99 Å². The Morgan fingerprint density at radius 2 is 1.65 bits per heavy atom. The summed E-state index contributed by atoms with van der Waals surface area (Å²) in [7, 11) is -1.93. The van der Waals surface area contributed by atoms with Crippen LogP contribution in [0, 0.1) is 0 Å². The standard InChI is InChI=1S/C24H45N3O3S/c1-5-28-31(29-6-2,30-7-3)18-12-17-27-19-22-20(4)13-11-16-23(22)26-24(27)25-21-14-9-8-10-15-21/h21,23H,5-19H2,1-4H3,(H,25,26). The van der Waals surface area contributed by atoms with Gasteiger partial charge < -0.3 is 10.2 Å². The Kier molecular flexibility index (Phi) is 10.0. The van der Waals surface area contributed by atoms with Gasteiger partial charge in [0.15, 0.2) is 5.96 Å². The van der Waals surface area contributed by atoms with Crippen LogP contribution in [0.2, 0.25) is 0 Å². The zero-order chi connectivity index (χ0) is 22.1. The molecule has 1 heterocycles. The fraction of sp³-hybridized carbons (Fsp3) is 0.875. The Balaban J connectivity index is 1.69. The zero-order valence-corrected chi connectivity index (χ0v) is 21.1. The third-order valence-corrected chi connectivity index (χ3v) is 9.14. The minimum atomic E-state index is -1.93. The largest absolute Gasteiger partial charge is 0.353 e. The molecule has 31 heavy (non-hydrogen) atoms. The summed E-state index contributed by atoms with van der Waals surface area (Å²) >= 11 is 0. The maximum atomic E-state index is 6.02. The summed E-state index contributed by atoms with van der Waals surface area (Å²) in [4.78, 5) is 7.72. The minimum Gasteiger partial charge on any atom is -0.353 e. The van der Waals surface area contributed by atoms with Gasteiger partial charge in [-0.1, -0.05) is 24.8 Å². The van der Waals surface area contributed by atoms with E-state index in [2.05, 4.69) is 17.1 Å². The van der Waals surface area contributed by atoms with E-state index in [4.69, 9.17) is 17.5 Å². The smallest absolute Gasteiger partial charge is 0.195 e. The van der Waals surface area contributed by atoms with Crippen LogP contribution in [0.4, 0.5) is 0 Å². The van der Waals surface area contributed by atoms with Gasteiger partial charge in [-0.05, 0) is 71.8 Å². The molecule has 0 aromatic heterocycles. The molecule has 1 atom stereocenters. The second-order valence-corrected chi connectivity index (χ2v) is 11.1. The number of fused-ring (bicyclic) bond motifs is 1. The van der Waals surface area contributed by atoms with E-state index in [-0.39, 0.29) is 0 Å². The van der Waals surface area contributed by atoms with E-state index < -0.39 is 10.9 Å². The van der Waals surface area contributed by atoms with E-state index in [9.17, 15) is 0 Å². The summed E-state index contributed by atoms with van der Waals surface area (Å²) in [5.41, 5.74) is 3.11. The highest BCUT2D eigenvalue weighted by atomic mass is 32.3. The summed E-state index contributed by atoms with van der Waals surface area (Å²) in [6.07, 6.45) is 11.2. The van der Waals surface area contributed by atoms with Gasteiger partial charge >= 0.3 is 0 Å². The molecule has 0 radical (unpaired) electrons. The number of allylic oxidation sites excluding steroid dienone is 1. The van der Waals surface area contributed by atoms with E-state index >= 15 is 0 Å². The van der Waals surface area contributed by atoms with Crippen molar-refractivity contribution in [2.45, 2.75) is 97.6 Å². The predicted octanol–water partition coefficient (Wildman–Crippen LogP) is 5.50. The number of aliphatic imine (C=N–C) groups is 1. The quantitative estimate of drug-likeness (QED) is 0.417. The molecule has 3 rings (SSSR count). The van der Waals surface area contributed by atoms with E-state index in [1.165, 1.54) is 51.4 Å². The number of hydrogen-bond acceptors (Lipinski definition) is 6. The topological polar surface area (TPSA) is 55.3 Å². The third kappa shape index (κ3) is 6.86. The van der Waals surface area contributed by atoms with Crippen LogP contribution >= 0.6 is 10.9 Å². The molecular weight excluding hydrogens is 410 g/mol. The Hall–Kier alpha value is -0.760. The van der Waals surface area contributed by atoms with E-state index in [1.54, 1.807) is 11.1 Å². The van der Waals surface area contributed by atoms with Crippen molar-refractivity contribution in [3.8, 4) is 0 Å². The van der Waals surface area contributed by atoms with Gasteiger partial charge in [0.2, 0.25) is 0 Å². The van der Waals surface area contributed by atoms with Crippen LogP contribution in [0.3, 0.4) is 0 Å². The molecule has 1 fully saturated rings. The third-order valence-electron chi connectivity index (χ3n) is 6.57. The number of nitrogens with one attached hydrogen (secondary N) is 1. The number of hydrogen-bond donors (Lipinski definition) is 1. The predicted molar refractivity (Wildman–Crippen MR) is 131 cm³/mol. The fourth-order valence-corrected chi connectivity index (χ4v) is 7.18. The summed E-state index contributed by atoms with van der Waals surface area (Å²) in [5, 5.41) is 3.85. The summed E-state index contributed by atoms with van der Waals surface area (Å²) < 4.78 is 18.0. The molecule has 1 saturated carbocycles. The molecule has 6 nitrogen and oxygen atoms in total. The average Bonchev–Trinajstić information content (AvgIpc) is 2.76. The van der Waals surface area contributed by atoms with Crippen LogP contribution in [0.25, 0.3) is 0 Å². The van der Waals surface area contributed by atoms with Crippen molar-refractivity contribution in [2.24, 2.45) is 4.99 Å². The lowest BCUT2D eigenvalue weighted by molar-refractivity contribution is 0.184. The van der Waals surface area contributed by atoms with Crippen molar-refractivity contribution in [1.82, 2.24) is 10.2 Å². The van der Waals surface area contributed by atoms with Crippen LogP contribution in [-0.2, 0) is 12.5 Å². The molecule has 1 unspecified atom stereocenters. The van der Waals surface area contributed by atoms with Gasteiger partial charge in [-0.15, -0.1) is 0 Å². The van der Waals surface area contributed by atoms with E-state index in [0.717, 1.165) is 31.2 Å². The first kappa shape index (κ1) is 24.9. The van der Waals surface area contributed by atoms with Crippen molar-refractivity contribution in [3.05, 3.63) is 11.1 Å². The fourth-order valence-electron chi connectivity index (χ4n) is 5.07. The molecule has 0 saturated heterocycles. The maximum absolute atomic E-state index is 6.02. The van der Waals surface area contributed by atoms with Crippen LogP contribution in [-0.4, -0.2) is 61.6 Å². The molecule has 0 amide bonds. The molecule has 1 aliphatic heterocycles. The van der Waals surface area contributed by atoms with Crippen molar-refractivity contribution >= 4 is 16.8 Å². The average molecular weight is 456 g/mol. The van der Waals surface area contributed by atoms with Gasteiger partial charge in [0.05, 0.1) is 36.7 Å². The minimum absolute atomic E-state index is 0.385. The molecule has 0 aromatic carbocycles. The lowest BCUT2D eigenvalue weighted by atomic mass is 9.87. The van der Waals surface area contributed by atoms with Gasteiger partial charge in [0.1, 0.15) is 0 Å². The normalized spacial score (nSPS) is 23.5.